The van der Waals surface area contributed by atoms with Crippen LogP contribution in [0.5, 0.6) is 5.75 Å². The molecule has 1 aliphatic rings. The molecule has 3 rings (SSSR count). The van der Waals surface area contributed by atoms with Crippen molar-refractivity contribution in [2.45, 2.75) is 39.8 Å². The van der Waals surface area contributed by atoms with Crippen LogP contribution in [0.1, 0.15) is 43.6 Å². The number of carbonyl (C=O) groups is 4. The minimum Gasteiger partial charge on any atom is -0.490 e. The van der Waals surface area contributed by atoms with Crippen LogP contribution in [0.3, 0.4) is 0 Å². The van der Waals surface area contributed by atoms with Crippen molar-refractivity contribution in [1.29, 1.82) is 0 Å². The van der Waals surface area contributed by atoms with Gasteiger partial charge in [0.05, 0.1) is 17.1 Å². The Balaban J connectivity index is 1.84. The van der Waals surface area contributed by atoms with Gasteiger partial charge in [-0.05, 0) is 50.6 Å². The lowest BCUT2D eigenvalue weighted by Crippen LogP contribution is -2.44. The Bertz CT molecular complexity index is 1140. The van der Waals surface area contributed by atoms with Crippen molar-refractivity contribution in [2.75, 3.05) is 24.7 Å². The topological polar surface area (TPSA) is 102 Å². The number of benzene rings is 2. The Labute approximate surface area is 208 Å². The molecule has 0 fully saturated rings. The van der Waals surface area contributed by atoms with Crippen molar-refractivity contribution < 1.29 is 33.4 Å². The zero-order valence-electron chi connectivity index (χ0n) is 20.0. The molecule has 0 atom stereocenters. The van der Waals surface area contributed by atoms with Gasteiger partial charge in [0.2, 0.25) is 0 Å². The molecular formula is C25H27ClN2O7. The van der Waals surface area contributed by atoms with Gasteiger partial charge in [-0.15, -0.1) is 0 Å². The summed E-state index contributed by atoms with van der Waals surface area (Å²) in [6, 6.07) is 11.5. The van der Waals surface area contributed by atoms with Gasteiger partial charge in [0, 0.05) is 12.6 Å². The van der Waals surface area contributed by atoms with Crippen molar-refractivity contribution in [3.05, 3.63) is 58.6 Å². The molecule has 0 saturated heterocycles. The second-order valence-electron chi connectivity index (χ2n) is 8.81. The Hall–Kier alpha value is -3.59. The Morgan fingerprint density at radius 2 is 1.71 bits per heavy atom. The number of amides is 3. The normalized spacial score (nSPS) is 13.6. The summed E-state index contributed by atoms with van der Waals surface area (Å²) in [5, 5.41) is 0.123. The highest BCUT2D eigenvalue weighted by atomic mass is 35.5. The number of hydrogen-bond acceptors (Lipinski definition) is 7. The van der Waals surface area contributed by atoms with Crippen molar-refractivity contribution in [1.82, 2.24) is 4.90 Å². The van der Waals surface area contributed by atoms with Crippen LogP contribution < -0.4 is 9.64 Å². The maximum atomic E-state index is 13.5. The van der Waals surface area contributed by atoms with Gasteiger partial charge >= 0.3 is 12.1 Å². The number of hydrogen-bond donors (Lipinski definition) is 0. The Morgan fingerprint density at radius 3 is 2.37 bits per heavy atom. The number of fused-ring (bicyclic) bond motifs is 1. The van der Waals surface area contributed by atoms with E-state index in [1.54, 1.807) is 51.1 Å². The maximum absolute atomic E-state index is 13.5. The number of halogens is 1. The lowest BCUT2D eigenvalue weighted by atomic mass is 10.1. The molecule has 0 spiro atoms. The van der Waals surface area contributed by atoms with Crippen molar-refractivity contribution in [3.63, 3.8) is 0 Å². The van der Waals surface area contributed by atoms with E-state index in [4.69, 9.17) is 25.8 Å². The van der Waals surface area contributed by atoms with E-state index in [0.717, 1.165) is 4.90 Å². The van der Waals surface area contributed by atoms with Gasteiger partial charge in [0.1, 0.15) is 31.1 Å². The Morgan fingerprint density at radius 1 is 1.00 bits per heavy atom. The van der Waals surface area contributed by atoms with E-state index >= 15 is 0 Å². The van der Waals surface area contributed by atoms with Gasteiger partial charge in [-0.25, -0.2) is 9.69 Å². The predicted molar refractivity (Wildman–Crippen MR) is 128 cm³/mol. The van der Waals surface area contributed by atoms with Gasteiger partial charge < -0.3 is 14.2 Å². The van der Waals surface area contributed by atoms with E-state index in [0.29, 0.717) is 17.0 Å². The molecule has 186 valence electrons. The first-order chi connectivity index (χ1) is 16.5. The van der Waals surface area contributed by atoms with Crippen LogP contribution in [0, 0.1) is 0 Å². The monoisotopic (exact) mass is 502 g/mol. The van der Waals surface area contributed by atoms with Crippen LogP contribution in [-0.4, -0.2) is 54.1 Å². The average molecular weight is 503 g/mol. The summed E-state index contributed by atoms with van der Waals surface area (Å²) in [6.07, 6.45) is -0.778. The predicted octanol–water partition coefficient (Wildman–Crippen LogP) is 4.21. The quantitative estimate of drug-likeness (QED) is 0.445. The summed E-state index contributed by atoms with van der Waals surface area (Å²) < 4.78 is 15.7. The molecule has 2 aromatic carbocycles. The number of rotatable bonds is 5. The fourth-order valence-corrected chi connectivity index (χ4v) is 3.64. The first-order valence-corrected chi connectivity index (χ1v) is 11.3. The second kappa shape index (κ2) is 10.8. The molecule has 1 heterocycles. The van der Waals surface area contributed by atoms with Gasteiger partial charge in [-0.1, -0.05) is 29.8 Å². The highest BCUT2D eigenvalue weighted by Gasteiger charge is 2.35. The lowest BCUT2D eigenvalue weighted by molar-refractivity contribution is -0.141. The summed E-state index contributed by atoms with van der Waals surface area (Å²) in [5.41, 5.74) is 0.481. The number of anilines is 1. The number of carbonyl (C=O) groups excluding carboxylic acids is 4. The van der Waals surface area contributed by atoms with Gasteiger partial charge in [-0.2, -0.15) is 0 Å². The molecule has 0 radical (unpaired) electrons. The van der Waals surface area contributed by atoms with Crippen molar-refractivity contribution in [3.8, 4) is 5.75 Å². The molecular weight excluding hydrogens is 476 g/mol. The molecule has 35 heavy (non-hydrogen) atoms. The molecule has 2 aromatic rings. The summed E-state index contributed by atoms with van der Waals surface area (Å²) in [5.74, 6) is -1.11. The van der Waals surface area contributed by atoms with Crippen LogP contribution in [-0.2, 0) is 25.6 Å². The maximum Gasteiger partial charge on any atom is 0.417 e. The molecule has 0 saturated carbocycles. The number of esters is 1. The van der Waals surface area contributed by atoms with Crippen molar-refractivity contribution >= 4 is 41.2 Å². The van der Waals surface area contributed by atoms with Crippen LogP contribution >= 0.6 is 11.6 Å². The average Bonchev–Trinajstić information content (AvgIpc) is 2.92. The second-order valence-corrected chi connectivity index (χ2v) is 9.22. The third-order valence-electron chi connectivity index (χ3n) is 4.89. The van der Waals surface area contributed by atoms with E-state index in [-0.39, 0.29) is 36.9 Å². The molecule has 0 unspecified atom stereocenters. The Kier molecular flexibility index (Phi) is 8.01. The summed E-state index contributed by atoms with van der Waals surface area (Å²) in [7, 11) is 0. The highest BCUT2D eigenvalue weighted by molar-refractivity contribution is 6.34. The van der Waals surface area contributed by atoms with E-state index in [9.17, 15) is 19.2 Å². The van der Waals surface area contributed by atoms with E-state index < -0.39 is 29.5 Å². The van der Waals surface area contributed by atoms with Crippen LogP contribution in [0.4, 0.5) is 10.5 Å². The zero-order valence-corrected chi connectivity index (χ0v) is 20.8. The molecule has 3 amide bonds. The molecule has 10 heteroatoms. The highest BCUT2D eigenvalue weighted by Crippen LogP contribution is 2.30. The summed E-state index contributed by atoms with van der Waals surface area (Å²) >= 11 is 6.38. The van der Waals surface area contributed by atoms with E-state index in [1.807, 2.05) is 0 Å². The molecule has 9 nitrogen and oxygen atoms in total. The number of imide groups is 1. The number of ether oxygens (including phenoxy) is 3. The van der Waals surface area contributed by atoms with E-state index in [1.165, 1.54) is 24.0 Å². The van der Waals surface area contributed by atoms with Crippen LogP contribution in [0.15, 0.2) is 42.5 Å². The molecule has 0 bridgehead atoms. The summed E-state index contributed by atoms with van der Waals surface area (Å²) in [4.78, 5) is 52.3. The minimum atomic E-state index is -0.784. The van der Waals surface area contributed by atoms with Crippen LogP contribution in [0.2, 0.25) is 5.02 Å². The SMILES string of the molecule is CC(=O)OCCOc1ccc(C(=O)N2CC(=O)N(C(=O)OC(C)(C)C)Cc3ccccc32)c(Cl)c1. The third kappa shape index (κ3) is 6.73. The molecule has 0 N–H and O–H groups in total. The smallest absolute Gasteiger partial charge is 0.417 e. The first-order valence-electron chi connectivity index (χ1n) is 10.9. The van der Waals surface area contributed by atoms with Crippen molar-refractivity contribution in [2.24, 2.45) is 0 Å². The summed E-state index contributed by atoms with van der Waals surface area (Å²) in [6.45, 7) is 6.23. The number of para-hydroxylation sites is 1. The zero-order chi connectivity index (χ0) is 25.8. The largest absolute Gasteiger partial charge is 0.490 e. The first kappa shape index (κ1) is 26.0. The fourth-order valence-electron chi connectivity index (χ4n) is 3.39. The molecule has 1 aliphatic heterocycles. The fraction of sp³-hybridized carbons (Fsp3) is 0.360. The third-order valence-corrected chi connectivity index (χ3v) is 5.21. The van der Waals surface area contributed by atoms with Gasteiger partial charge in [-0.3, -0.25) is 19.3 Å². The standard InChI is InChI=1S/C25H27ClN2O7/c1-16(29)33-11-12-34-18-9-10-19(20(26)13-18)23(31)27-15-22(30)28(24(32)35-25(2,3)4)14-17-7-5-6-8-21(17)27/h5-10,13H,11-12,14-15H2,1-4H3. The number of nitrogens with zero attached hydrogens (tertiary/aromatic N) is 2. The van der Waals surface area contributed by atoms with E-state index in [2.05, 4.69) is 0 Å². The molecule has 0 aromatic heterocycles. The van der Waals surface area contributed by atoms with Crippen LogP contribution in [0.25, 0.3) is 0 Å². The molecule has 0 aliphatic carbocycles. The van der Waals surface area contributed by atoms with Gasteiger partial charge in [0.15, 0.2) is 0 Å². The minimum absolute atomic E-state index is 0.0312. The lowest BCUT2D eigenvalue weighted by Gasteiger charge is -2.25. The van der Waals surface area contributed by atoms with Gasteiger partial charge in [0.25, 0.3) is 11.8 Å².